The van der Waals surface area contributed by atoms with E-state index in [2.05, 4.69) is 0 Å². The van der Waals surface area contributed by atoms with Crippen molar-refractivity contribution in [3.63, 3.8) is 0 Å². The van der Waals surface area contributed by atoms with Gasteiger partial charge in [0.15, 0.2) is 0 Å². The van der Waals surface area contributed by atoms with Gasteiger partial charge in [-0.1, -0.05) is 0 Å². The quantitative estimate of drug-likeness (QED) is 0.757. The summed E-state index contributed by atoms with van der Waals surface area (Å²) in [6, 6.07) is 3.77. The zero-order valence-electron chi connectivity index (χ0n) is 11.7. The zero-order valence-corrected chi connectivity index (χ0v) is 12.5. The van der Waals surface area contributed by atoms with Crippen molar-refractivity contribution in [2.24, 2.45) is 0 Å². The second-order valence-electron chi connectivity index (χ2n) is 5.03. The summed E-state index contributed by atoms with van der Waals surface area (Å²) in [6.07, 6.45) is 6.33. The van der Waals surface area contributed by atoms with E-state index in [0.29, 0.717) is 17.8 Å². The molecule has 0 aliphatic heterocycles. The molecule has 1 fully saturated rings. The summed E-state index contributed by atoms with van der Waals surface area (Å²) in [4.78, 5) is 26.3. The first kappa shape index (κ1) is 15.7. The molecule has 0 aromatic carbocycles. The third kappa shape index (κ3) is 4.15. The van der Waals surface area contributed by atoms with Gasteiger partial charge >= 0.3 is 5.97 Å². The number of aliphatic hydroxyl groups excluding tert-OH is 1. The topological polar surface area (TPSA) is 77.8 Å². The number of carboxylic acid groups (broad SMARTS) is 1. The molecule has 1 aromatic rings. The molecule has 1 aliphatic carbocycles. The summed E-state index contributed by atoms with van der Waals surface area (Å²) >= 11 is 1.29. The first-order valence-electron chi connectivity index (χ1n) is 7.04. The Kier molecular flexibility index (Phi) is 5.52. The van der Waals surface area contributed by atoms with Crippen molar-refractivity contribution in [2.75, 3.05) is 13.2 Å². The van der Waals surface area contributed by atoms with Gasteiger partial charge in [-0.05, 0) is 43.9 Å². The van der Waals surface area contributed by atoms with Crippen molar-refractivity contribution in [1.29, 1.82) is 0 Å². The van der Waals surface area contributed by atoms with E-state index in [4.69, 9.17) is 10.2 Å². The van der Waals surface area contributed by atoms with Crippen LogP contribution in [0.25, 0.3) is 6.08 Å². The van der Waals surface area contributed by atoms with Crippen LogP contribution in [0.5, 0.6) is 0 Å². The van der Waals surface area contributed by atoms with E-state index in [1.54, 1.807) is 12.1 Å². The Hall–Kier alpha value is -1.66. The third-order valence-corrected chi connectivity index (χ3v) is 4.60. The van der Waals surface area contributed by atoms with E-state index in [1.807, 2.05) is 4.90 Å². The highest BCUT2D eigenvalue weighted by Crippen LogP contribution is 2.28. The normalized spacial score (nSPS) is 15.1. The molecule has 0 spiro atoms. The van der Waals surface area contributed by atoms with Gasteiger partial charge in [0, 0.05) is 30.1 Å². The Balaban J connectivity index is 2.07. The second kappa shape index (κ2) is 7.38. The first-order chi connectivity index (χ1) is 10.1. The van der Waals surface area contributed by atoms with Crippen LogP contribution in [0.1, 0.15) is 40.2 Å². The molecule has 114 valence electrons. The minimum absolute atomic E-state index is 0.0203. The van der Waals surface area contributed by atoms with Crippen molar-refractivity contribution in [3.05, 3.63) is 28.0 Å². The maximum Gasteiger partial charge on any atom is 0.328 e. The number of rotatable bonds is 7. The van der Waals surface area contributed by atoms with Crippen LogP contribution in [0.4, 0.5) is 0 Å². The Morgan fingerprint density at radius 1 is 1.38 bits per heavy atom. The minimum Gasteiger partial charge on any atom is -0.478 e. The monoisotopic (exact) mass is 309 g/mol. The van der Waals surface area contributed by atoms with Crippen LogP contribution in [-0.2, 0) is 4.79 Å². The van der Waals surface area contributed by atoms with Crippen LogP contribution in [0.2, 0.25) is 0 Å². The lowest BCUT2D eigenvalue weighted by atomic mass is 9.91. The Morgan fingerprint density at radius 3 is 2.71 bits per heavy atom. The lowest BCUT2D eigenvalue weighted by molar-refractivity contribution is -0.131. The molecule has 2 rings (SSSR count). The average molecular weight is 309 g/mol. The SMILES string of the molecule is O=C(O)/C=C/c1ccc(C(=O)N(CCCO)C2CCC2)s1. The van der Waals surface area contributed by atoms with Gasteiger partial charge in [0.25, 0.3) is 5.91 Å². The molecule has 1 amide bonds. The summed E-state index contributed by atoms with van der Waals surface area (Å²) in [6.45, 7) is 0.645. The fourth-order valence-electron chi connectivity index (χ4n) is 2.24. The van der Waals surface area contributed by atoms with E-state index in [-0.39, 0.29) is 18.6 Å². The highest BCUT2D eigenvalue weighted by Gasteiger charge is 2.29. The number of carbonyl (C=O) groups is 2. The molecule has 21 heavy (non-hydrogen) atoms. The molecule has 1 saturated carbocycles. The molecule has 0 saturated heterocycles. The summed E-state index contributed by atoms with van der Waals surface area (Å²) in [5.74, 6) is -1.02. The number of aliphatic carboxylic acids is 1. The summed E-state index contributed by atoms with van der Waals surface area (Å²) in [5, 5.41) is 17.6. The number of hydrogen-bond acceptors (Lipinski definition) is 4. The summed E-state index contributed by atoms with van der Waals surface area (Å²) < 4.78 is 0. The summed E-state index contributed by atoms with van der Waals surface area (Å²) in [7, 11) is 0. The molecule has 0 bridgehead atoms. The number of thiophene rings is 1. The number of carbonyl (C=O) groups excluding carboxylic acids is 1. The van der Waals surface area contributed by atoms with Crippen molar-refractivity contribution in [1.82, 2.24) is 4.90 Å². The molecule has 5 nitrogen and oxygen atoms in total. The van der Waals surface area contributed by atoms with Crippen molar-refractivity contribution in [2.45, 2.75) is 31.7 Å². The highest BCUT2D eigenvalue weighted by atomic mass is 32.1. The predicted molar refractivity (Wildman–Crippen MR) is 81.4 cm³/mol. The maximum absolute atomic E-state index is 12.6. The van der Waals surface area contributed by atoms with Gasteiger partial charge < -0.3 is 15.1 Å². The van der Waals surface area contributed by atoms with Crippen molar-refractivity contribution in [3.8, 4) is 0 Å². The van der Waals surface area contributed by atoms with E-state index in [1.165, 1.54) is 17.4 Å². The van der Waals surface area contributed by atoms with Gasteiger partial charge in [-0.2, -0.15) is 0 Å². The second-order valence-corrected chi connectivity index (χ2v) is 6.15. The highest BCUT2D eigenvalue weighted by molar-refractivity contribution is 7.14. The lowest BCUT2D eigenvalue weighted by Crippen LogP contribution is -2.44. The summed E-state index contributed by atoms with van der Waals surface area (Å²) in [5.41, 5.74) is 0. The number of aliphatic hydroxyl groups is 1. The van der Waals surface area contributed by atoms with Crippen LogP contribution >= 0.6 is 11.3 Å². The lowest BCUT2D eigenvalue weighted by Gasteiger charge is -2.37. The Bertz CT molecular complexity index is 534. The molecule has 0 unspecified atom stereocenters. The van der Waals surface area contributed by atoms with Crippen molar-refractivity contribution >= 4 is 29.3 Å². The van der Waals surface area contributed by atoms with Crippen LogP contribution in [0.15, 0.2) is 18.2 Å². The smallest absolute Gasteiger partial charge is 0.328 e. The van der Waals surface area contributed by atoms with Gasteiger partial charge in [-0.25, -0.2) is 4.79 Å². The molecular weight excluding hydrogens is 290 g/mol. The van der Waals surface area contributed by atoms with Gasteiger partial charge in [0.2, 0.25) is 0 Å². The number of nitrogens with zero attached hydrogens (tertiary/aromatic N) is 1. The molecule has 2 N–H and O–H groups in total. The van der Waals surface area contributed by atoms with E-state index in [0.717, 1.165) is 30.2 Å². The van der Waals surface area contributed by atoms with E-state index in [9.17, 15) is 9.59 Å². The minimum atomic E-state index is -1.00. The molecule has 1 heterocycles. The molecule has 1 aliphatic rings. The number of hydrogen-bond donors (Lipinski definition) is 2. The molecule has 1 aromatic heterocycles. The average Bonchev–Trinajstić information content (AvgIpc) is 2.87. The molecule has 0 atom stereocenters. The molecular formula is C15H19NO4S. The number of amides is 1. The van der Waals surface area contributed by atoms with Crippen LogP contribution in [0, 0.1) is 0 Å². The Labute approximate surface area is 127 Å². The van der Waals surface area contributed by atoms with Crippen LogP contribution in [0.3, 0.4) is 0 Å². The fourth-order valence-corrected chi connectivity index (χ4v) is 3.11. The zero-order chi connectivity index (χ0) is 15.2. The van der Waals surface area contributed by atoms with Crippen LogP contribution < -0.4 is 0 Å². The predicted octanol–water partition coefficient (Wildman–Crippen LogP) is 2.22. The van der Waals surface area contributed by atoms with Gasteiger partial charge in [-0.3, -0.25) is 4.79 Å². The van der Waals surface area contributed by atoms with Crippen molar-refractivity contribution < 1.29 is 19.8 Å². The third-order valence-electron chi connectivity index (χ3n) is 3.56. The molecule has 0 radical (unpaired) electrons. The largest absolute Gasteiger partial charge is 0.478 e. The molecule has 6 heteroatoms. The van der Waals surface area contributed by atoms with Crippen LogP contribution in [-0.4, -0.2) is 46.2 Å². The van der Waals surface area contributed by atoms with Gasteiger partial charge in [-0.15, -0.1) is 11.3 Å². The first-order valence-corrected chi connectivity index (χ1v) is 7.86. The maximum atomic E-state index is 12.6. The van der Waals surface area contributed by atoms with Gasteiger partial charge in [0.1, 0.15) is 0 Å². The van der Waals surface area contributed by atoms with E-state index < -0.39 is 5.97 Å². The Morgan fingerprint density at radius 2 is 2.14 bits per heavy atom. The number of carboxylic acids is 1. The van der Waals surface area contributed by atoms with E-state index >= 15 is 0 Å². The standard InChI is InChI=1S/C15H19NO4S/c17-10-2-9-16(11-3-1-4-11)15(20)13-7-5-12(21-13)6-8-14(18)19/h5-8,11,17H,1-4,9-10H2,(H,18,19)/b8-6+. The van der Waals surface area contributed by atoms with Gasteiger partial charge in [0.05, 0.1) is 4.88 Å². The fraction of sp³-hybridized carbons (Fsp3) is 0.467.